The van der Waals surface area contributed by atoms with Gasteiger partial charge in [0.1, 0.15) is 0 Å². The zero-order chi connectivity index (χ0) is 14.2. The molecule has 0 radical (unpaired) electrons. The van der Waals surface area contributed by atoms with Crippen molar-refractivity contribution in [1.29, 1.82) is 0 Å². The van der Waals surface area contributed by atoms with Crippen molar-refractivity contribution < 1.29 is 5.11 Å². The zero-order valence-corrected chi connectivity index (χ0v) is 13.0. The predicted octanol–water partition coefficient (Wildman–Crippen LogP) is 5.74. The molecule has 1 aliphatic rings. The van der Waals surface area contributed by atoms with Crippen LogP contribution < -0.4 is 0 Å². The minimum atomic E-state index is -0.263. The Hall–Kier alpha value is -0.820. The Kier molecular flexibility index (Phi) is 6.59. The third-order valence-electron chi connectivity index (χ3n) is 4.70. The van der Waals surface area contributed by atoms with Crippen LogP contribution in [0.1, 0.15) is 94.3 Å². The van der Waals surface area contributed by atoms with E-state index in [1.54, 1.807) is 0 Å². The van der Waals surface area contributed by atoms with Crippen LogP contribution in [0, 0.1) is 0 Å². The monoisotopic (exact) mass is 274 g/mol. The SMILES string of the molecule is CCCCCCCCC(O)c1cccc(C2CCC2)c1. The first-order chi connectivity index (χ1) is 9.81. The number of aliphatic hydroxyl groups is 1. The molecule has 1 unspecified atom stereocenters. The van der Waals surface area contributed by atoms with E-state index in [0.29, 0.717) is 0 Å². The summed E-state index contributed by atoms with van der Waals surface area (Å²) in [5, 5.41) is 10.3. The highest BCUT2D eigenvalue weighted by atomic mass is 16.3. The van der Waals surface area contributed by atoms with E-state index < -0.39 is 0 Å². The molecule has 0 amide bonds. The maximum absolute atomic E-state index is 10.3. The minimum Gasteiger partial charge on any atom is -0.388 e. The lowest BCUT2D eigenvalue weighted by molar-refractivity contribution is 0.163. The van der Waals surface area contributed by atoms with Crippen molar-refractivity contribution in [3.63, 3.8) is 0 Å². The summed E-state index contributed by atoms with van der Waals surface area (Å²) in [6, 6.07) is 8.67. The molecule has 1 aliphatic carbocycles. The third-order valence-corrected chi connectivity index (χ3v) is 4.70. The average Bonchev–Trinajstić information content (AvgIpc) is 2.41. The van der Waals surface area contributed by atoms with Crippen molar-refractivity contribution >= 4 is 0 Å². The van der Waals surface area contributed by atoms with Gasteiger partial charge in [-0.15, -0.1) is 0 Å². The van der Waals surface area contributed by atoms with Gasteiger partial charge in [-0.3, -0.25) is 0 Å². The van der Waals surface area contributed by atoms with Gasteiger partial charge in [0.15, 0.2) is 0 Å². The molecular weight excluding hydrogens is 244 g/mol. The zero-order valence-electron chi connectivity index (χ0n) is 13.0. The van der Waals surface area contributed by atoms with E-state index in [4.69, 9.17) is 0 Å². The van der Waals surface area contributed by atoms with Gasteiger partial charge in [0.05, 0.1) is 6.10 Å². The second kappa shape index (κ2) is 8.46. The Bertz CT molecular complexity index is 381. The summed E-state index contributed by atoms with van der Waals surface area (Å²) in [4.78, 5) is 0. The number of aliphatic hydroxyl groups excluding tert-OH is 1. The Balaban J connectivity index is 1.72. The molecule has 0 aliphatic heterocycles. The number of unbranched alkanes of at least 4 members (excludes halogenated alkanes) is 5. The van der Waals surface area contributed by atoms with Crippen LogP contribution in [0.15, 0.2) is 24.3 Å². The van der Waals surface area contributed by atoms with Gasteiger partial charge in [-0.2, -0.15) is 0 Å². The number of benzene rings is 1. The maximum Gasteiger partial charge on any atom is 0.0790 e. The molecule has 1 nitrogen and oxygen atoms in total. The second-order valence-electron chi connectivity index (χ2n) is 6.37. The van der Waals surface area contributed by atoms with Crippen LogP contribution in [0.2, 0.25) is 0 Å². The first-order valence-electron chi connectivity index (χ1n) is 8.59. The molecule has 20 heavy (non-hydrogen) atoms. The highest BCUT2D eigenvalue weighted by Gasteiger charge is 2.20. The van der Waals surface area contributed by atoms with E-state index in [-0.39, 0.29) is 6.10 Å². The van der Waals surface area contributed by atoms with Crippen molar-refractivity contribution in [2.45, 2.75) is 83.2 Å². The number of hydrogen-bond acceptors (Lipinski definition) is 1. The van der Waals surface area contributed by atoms with Crippen molar-refractivity contribution in [1.82, 2.24) is 0 Å². The van der Waals surface area contributed by atoms with Gasteiger partial charge in [-0.05, 0) is 36.3 Å². The van der Waals surface area contributed by atoms with Crippen LogP contribution in [0.5, 0.6) is 0 Å². The molecule has 0 aromatic heterocycles. The maximum atomic E-state index is 10.3. The van der Waals surface area contributed by atoms with E-state index in [1.165, 1.54) is 56.9 Å². The molecule has 0 bridgehead atoms. The highest BCUT2D eigenvalue weighted by Crippen LogP contribution is 2.37. The molecule has 1 fully saturated rings. The van der Waals surface area contributed by atoms with Crippen LogP contribution in [-0.2, 0) is 0 Å². The van der Waals surface area contributed by atoms with E-state index in [0.717, 1.165) is 24.3 Å². The lowest BCUT2D eigenvalue weighted by Gasteiger charge is -2.26. The van der Waals surface area contributed by atoms with Crippen LogP contribution >= 0.6 is 0 Å². The molecule has 1 N–H and O–H groups in total. The smallest absolute Gasteiger partial charge is 0.0790 e. The fourth-order valence-electron chi connectivity index (χ4n) is 3.05. The first kappa shape index (κ1) is 15.6. The Morgan fingerprint density at radius 3 is 2.55 bits per heavy atom. The van der Waals surface area contributed by atoms with Crippen molar-refractivity contribution in [2.24, 2.45) is 0 Å². The van der Waals surface area contributed by atoms with Gasteiger partial charge in [0.25, 0.3) is 0 Å². The molecule has 0 saturated heterocycles. The molecule has 1 saturated carbocycles. The number of rotatable bonds is 9. The molecule has 0 heterocycles. The molecule has 1 atom stereocenters. The lowest BCUT2D eigenvalue weighted by atomic mass is 9.79. The Labute approximate surface area is 124 Å². The highest BCUT2D eigenvalue weighted by molar-refractivity contribution is 5.28. The Morgan fingerprint density at radius 2 is 1.85 bits per heavy atom. The lowest BCUT2D eigenvalue weighted by Crippen LogP contribution is -2.09. The van der Waals surface area contributed by atoms with Crippen LogP contribution in [0.25, 0.3) is 0 Å². The largest absolute Gasteiger partial charge is 0.388 e. The molecule has 1 aromatic carbocycles. The summed E-state index contributed by atoms with van der Waals surface area (Å²) in [7, 11) is 0. The van der Waals surface area contributed by atoms with Crippen molar-refractivity contribution in [3.05, 3.63) is 35.4 Å². The molecule has 1 aromatic rings. The molecule has 0 spiro atoms. The van der Waals surface area contributed by atoms with E-state index >= 15 is 0 Å². The predicted molar refractivity (Wildman–Crippen MR) is 86.0 cm³/mol. The fourth-order valence-corrected chi connectivity index (χ4v) is 3.05. The summed E-state index contributed by atoms with van der Waals surface area (Å²) in [5.41, 5.74) is 2.57. The fraction of sp³-hybridized carbons (Fsp3) is 0.684. The first-order valence-corrected chi connectivity index (χ1v) is 8.59. The van der Waals surface area contributed by atoms with Crippen LogP contribution in [0.4, 0.5) is 0 Å². The van der Waals surface area contributed by atoms with Gasteiger partial charge < -0.3 is 5.11 Å². The molecular formula is C19H30O. The van der Waals surface area contributed by atoms with Crippen molar-refractivity contribution in [3.8, 4) is 0 Å². The molecule has 1 heteroatoms. The van der Waals surface area contributed by atoms with Crippen LogP contribution in [0.3, 0.4) is 0 Å². The molecule has 112 valence electrons. The van der Waals surface area contributed by atoms with Gasteiger partial charge in [0, 0.05) is 0 Å². The summed E-state index contributed by atoms with van der Waals surface area (Å²) in [6.45, 7) is 2.25. The van der Waals surface area contributed by atoms with Gasteiger partial charge in [0.2, 0.25) is 0 Å². The normalized spacial score (nSPS) is 16.9. The minimum absolute atomic E-state index is 0.263. The van der Waals surface area contributed by atoms with Gasteiger partial charge in [-0.25, -0.2) is 0 Å². The Morgan fingerprint density at radius 1 is 1.10 bits per heavy atom. The van der Waals surface area contributed by atoms with E-state index in [2.05, 4.69) is 31.2 Å². The summed E-state index contributed by atoms with van der Waals surface area (Å²) in [5.74, 6) is 0.760. The average molecular weight is 274 g/mol. The van der Waals surface area contributed by atoms with Gasteiger partial charge >= 0.3 is 0 Å². The van der Waals surface area contributed by atoms with Gasteiger partial charge in [-0.1, -0.05) is 76.1 Å². The second-order valence-corrected chi connectivity index (χ2v) is 6.37. The van der Waals surface area contributed by atoms with Crippen LogP contribution in [-0.4, -0.2) is 5.11 Å². The van der Waals surface area contributed by atoms with E-state index in [9.17, 15) is 5.11 Å². The van der Waals surface area contributed by atoms with E-state index in [1.807, 2.05) is 0 Å². The summed E-state index contributed by atoms with van der Waals surface area (Å²) < 4.78 is 0. The summed E-state index contributed by atoms with van der Waals surface area (Å²) in [6.07, 6.45) is 12.4. The number of hydrogen-bond donors (Lipinski definition) is 1. The quantitative estimate of drug-likeness (QED) is 0.569. The molecule has 2 rings (SSSR count). The topological polar surface area (TPSA) is 20.2 Å². The third kappa shape index (κ3) is 4.63. The van der Waals surface area contributed by atoms with Crippen molar-refractivity contribution in [2.75, 3.05) is 0 Å². The summed E-state index contributed by atoms with van der Waals surface area (Å²) >= 11 is 0. The standard InChI is InChI=1S/C19H30O/c1-2-3-4-5-6-7-14-19(20)18-13-9-12-17(15-18)16-10-8-11-16/h9,12-13,15-16,19-20H,2-8,10-11,14H2,1H3.